The van der Waals surface area contributed by atoms with Gasteiger partial charge in [-0.3, -0.25) is 0 Å². The van der Waals surface area contributed by atoms with Crippen molar-refractivity contribution >= 4 is 0 Å². The summed E-state index contributed by atoms with van der Waals surface area (Å²) in [6.07, 6.45) is -2.50. The molecule has 1 aliphatic heterocycles. The van der Waals surface area contributed by atoms with Crippen LogP contribution in [0.2, 0.25) is 0 Å². The number of hydrogen-bond donors (Lipinski definition) is 3. The van der Waals surface area contributed by atoms with Gasteiger partial charge in [-0.2, -0.15) is 0 Å². The molecule has 11 heavy (non-hydrogen) atoms. The van der Waals surface area contributed by atoms with Gasteiger partial charge in [-0.1, -0.05) is 6.92 Å². The highest BCUT2D eigenvalue weighted by atomic mass is 16.6. The van der Waals surface area contributed by atoms with E-state index in [0.717, 1.165) is 6.42 Å². The van der Waals surface area contributed by atoms with E-state index in [2.05, 4.69) is 0 Å². The van der Waals surface area contributed by atoms with E-state index in [0.29, 0.717) is 6.61 Å². The molecule has 4 nitrogen and oxygen atoms in total. The van der Waals surface area contributed by atoms with Crippen LogP contribution in [0.1, 0.15) is 13.3 Å². The Morgan fingerprint density at radius 1 is 1.27 bits per heavy atom. The molecule has 0 amide bonds. The lowest BCUT2D eigenvalue weighted by atomic mass is 9.93. The van der Waals surface area contributed by atoms with Crippen LogP contribution in [0.3, 0.4) is 0 Å². The molecule has 0 aromatic rings. The first kappa shape index (κ1) is 8.93. The summed E-state index contributed by atoms with van der Waals surface area (Å²) in [6.45, 7) is 2.22. The molecule has 4 heteroatoms. The zero-order valence-corrected chi connectivity index (χ0v) is 6.47. The van der Waals surface area contributed by atoms with Crippen LogP contribution in [-0.2, 0) is 4.74 Å². The Hall–Kier alpha value is -0.160. The predicted molar refractivity (Wildman–Crippen MR) is 37.8 cm³/mol. The summed E-state index contributed by atoms with van der Waals surface area (Å²) in [4.78, 5) is 0. The number of hydrogen-bond acceptors (Lipinski definition) is 4. The monoisotopic (exact) mass is 162 g/mol. The zero-order valence-electron chi connectivity index (χ0n) is 6.47. The quantitative estimate of drug-likeness (QED) is 0.466. The van der Waals surface area contributed by atoms with Crippen molar-refractivity contribution in [2.75, 3.05) is 6.61 Å². The van der Waals surface area contributed by atoms with E-state index in [1.165, 1.54) is 0 Å². The van der Waals surface area contributed by atoms with Crippen molar-refractivity contribution in [3.05, 3.63) is 0 Å². The molecule has 1 saturated heterocycles. The van der Waals surface area contributed by atoms with Crippen LogP contribution in [0.4, 0.5) is 0 Å². The molecule has 4 atom stereocenters. The molecule has 4 unspecified atom stereocenters. The Morgan fingerprint density at radius 3 is 2.45 bits per heavy atom. The highest BCUT2D eigenvalue weighted by Gasteiger charge is 2.36. The summed E-state index contributed by atoms with van der Waals surface area (Å²) < 4.78 is 4.81. The lowest BCUT2D eigenvalue weighted by Crippen LogP contribution is -2.49. The average molecular weight is 162 g/mol. The smallest absolute Gasteiger partial charge is 0.183 e. The molecule has 0 aromatic carbocycles. The van der Waals surface area contributed by atoms with Gasteiger partial charge in [0.25, 0.3) is 0 Å². The normalized spacial score (nSPS) is 45.8. The van der Waals surface area contributed by atoms with Crippen molar-refractivity contribution in [3.8, 4) is 0 Å². The summed E-state index contributed by atoms with van der Waals surface area (Å²) in [5.41, 5.74) is 0. The summed E-state index contributed by atoms with van der Waals surface area (Å²) in [5.74, 6) is -0.0617. The zero-order chi connectivity index (χ0) is 8.43. The van der Waals surface area contributed by atoms with Gasteiger partial charge in [0.2, 0.25) is 0 Å². The molecule has 0 radical (unpaired) electrons. The third-order valence-corrected chi connectivity index (χ3v) is 2.13. The Balaban J connectivity index is 2.52. The molecular weight excluding hydrogens is 148 g/mol. The van der Waals surface area contributed by atoms with Gasteiger partial charge in [0.1, 0.15) is 6.10 Å². The van der Waals surface area contributed by atoms with Crippen LogP contribution in [0, 0.1) is 5.92 Å². The standard InChI is InChI=1S/C7H14O4/c1-2-4-3-11-7(10)6(9)5(4)8/h4-10H,2-3H2,1H3. The fraction of sp³-hybridized carbons (Fsp3) is 1.00. The maximum Gasteiger partial charge on any atom is 0.183 e. The van der Waals surface area contributed by atoms with Crippen LogP contribution < -0.4 is 0 Å². The molecule has 0 aliphatic carbocycles. The minimum absolute atomic E-state index is 0.0617. The molecule has 1 rings (SSSR count). The first-order chi connectivity index (χ1) is 5.16. The molecule has 1 heterocycles. The molecule has 0 spiro atoms. The van der Waals surface area contributed by atoms with Crippen LogP contribution in [0.15, 0.2) is 0 Å². The van der Waals surface area contributed by atoms with E-state index < -0.39 is 18.5 Å². The Kier molecular flexibility index (Phi) is 2.84. The highest BCUT2D eigenvalue weighted by molar-refractivity contribution is 4.80. The third-order valence-electron chi connectivity index (χ3n) is 2.13. The third kappa shape index (κ3) is 1.70. The van der Waals surface area contributed by atoms with Crippen molar-refractivity contribution in [3.63, 3.8) is 0 Å². The van der Waals surface area contributed by atoms with Crippen LogP contribution >= 0.6 is 0 Å². The van der Waals surface area contributed by atoms with Crippen LogP contribution in [-0.4, -0.2) is 40.4 Å². The fourth-order valence-electron chi connectivity index (χ4n) is 1.23. The minimum Gasteiger partial charge on any atom is -0.390 e. The van der Waals surface area contributed by atoms with Gasteiger partial charge in [0, 0.05) is 5.92 Å². The second-order valence-electron chi connectivity index (χ2n) is 2.87. The van der Waals surface area contributed by atoms with Gasteiger partial charge in [-0.25, -0.2) is 0 Å². The van der Waals surface area contributed by atoms with Crippen LogP contribution in [0.5, 0.6) is 0 Å². The second kappa shape index (κ2) is 3.49. The van der Waals surface area contributed by atoms with E-state index >= 15 is 0 Å². The summed E-state index contributed by atoms with van der Waals surface area (Å²) >= 11 is 0. The van der Waals surface area contributed by atoms with Crippen molar-refractivity contribution in [1.82, 2.24) is 0 Å². The Morgan fingerprint density at radius 2 is 1.91 bits per heavy atom. The van der Waals surface area contributed by atoms with E-state index in [1.54, 1.807) is 0 Å². The first-order valence-corrected chi connectivity index (χ1v) is 3.82. The topological polar surface area (TPSA) is 69.9 Å². The number of aliphatic hydroxyl groups excluding tert-OH is 3. The Labute approximate surface area is 65.4 Å². The SMILES string of the molecule is CCC1COC(O)C(O)C1O. The lowest BCUT2D eigenvalue weighted by molar-refractivity contribution is -0.239. The van der Waals surface area contributed by atoms with E-state index in [-0.39, 0.29) is 5.92 Å². The van der Waals surface area contributed by atoms with E-state index in [4.69, 9.17) is 14.9 Å². The van der Waals surface area contributed by atoms with Crippen molar-refractivity contribution in [2.45, 2.75) is 31.8 Å². The van der Waals surface area contributed by atoms with Gasteiger partial charge < -0.3 is 20.1 Å². The molecular formula is C7H14O4. The fourth-order valence-corrected chi connectivity index (χ4v) is 1.23. The van der Waals surface area contributed by atoms with Crippen molar-refractivity contribution < 1.29 is 20.1 Å². The van der Waals surface area contributed by atoms with Crippen molar-refractivity contribution in [1.29, 1.82) is 0 Å². The largest absolute Gasteiger partial charge is 0.390 e. The van der Waals surface area contributed by atoms with Gasteiger partial charge in [-0.15, -0.1) is 0 Å². The Bertz CT molecular complexity index is 126. The molecule has 1 aliphatic rings. The number of ether oxygens (including phenoxy) is 1. The van der Waals surface area contributed by atoms with Gasteiger partial charge in [0.15, 0.2) is 6.29 Å². The molecule has 0 aromatic heterocycles. The number of aliphatic hydroxyl groups is 3. The average Bonchev–Trinajstić information content (AvgIpc) is 2.01. The highest BCUT2D eigenvalue weighted by Crippen LogP contribution is 2.21. The maximum absolute atomic E-state index is 9.32. The van der Waals surface area contributed by atoms with Gasteiger partial charge in [-0.05, 0) is 6.42 Å². The maximum atomic E-state index is 9.32. The van der Waals surface area contributed by atoms with Gasteiger partial charge in [0.05, 0.1) is 12.7 Å². The van der Waals surface area contributed by atoms with E-state index in [9.17, 15) is 5.11 Å². The molecule has 0 bridgehead atoms. The number of rotatable bonds is 1. The molecule has 3 N–H and O–H groups in total. The lowest BCUT2D eigenvalue weighted by Gasteiger charge is -2.34. The summed E-state index contributed by atoms with van der Waals surface area (Å²) in [6, 6.07) is 0. The second-order valence-corrected chi connectivity index (χ2v) is 2.87. The van der Waals surface area contributed by atoms with Crippen LogP contribution in [0.25, 0.3) is 0 Å². The van der Waals surface area contributed by atoms with Crippen molar-refractivity contribution in [2.24, 2.45) is 5.92 Å². The van der Waals surface area contributed by atoms with E-state index in [1.807, 2.05) is 6.92 Å². The molecule has 1 fully saturated rings. The predicted octanol–water partition coefficient (Wildman–Crippen LogP) is -0.917. The molecule has 0 saturated carbocycles. The molecule has 66 valence electrons. The summed E-state index contributed by atoms with van der Waals surface area (Å²) in [5, 5.41) is 27.4. The van der Waals surface area contributed by atoms with Gasteiger partial charge >= 0.3 is 0 Å². The summed E-state index contributed by atoms with van der Waals surface area (Å²) in [7, 11) is 0. The first-order valence-electron chi connectivity index (χ1n) is 3.82. The minimum atomic E-state index is -1.23.